The SMILES string of the molecule is C=C(C)c1nccc2cc(N)ccc12. The van der Waals surface area contributed by atoms with Crippen molar-refractivity contribution in [3.63, 3.8) is 0 Å². The van der Waals surface area contributed by atoms with Crippen molar-refractivity contribution in [1.29, 1.82) is 0 Å². The van der Waals surface area contributed by atoms with Gasteiger partial charge in [0.05, 0.1) is 5.69 Å². The number of pyridine rings is 1. The molecule has 1 heterocycles. The fourth-order valence-electron chi connectivity index (χ4n) is 1.54. The molecule has 2 nitrogen and oxygen atoms in total. The van der Waals surface area contributed by atoms with Gasteiger partial charge >= 0.3 is 0 Å². The summed E-state index contributed by atoms with van der Waals surface area (Å²) in [6.07, 6.45) is 1.78. The first-order chi connectivity index (χ1) is 6.68. The topological polar surface area (TPSA) is 38.9 Å². The van der Waals surface area contributed by atoms with Gasteiger partial charge in [0.25, 0.3) is 0 Å². The van der Waals surface area contributed by atoms with Gasteiger partial charge in [-0.2, -0.15) is 0 Å². The average Bonchev–Trinajstić information content (AvgIpc) is 2.16. The second kappa shape index (κ2) is 3.14. The molecule has 14 heavy (non-hydrogen) atoms. The number of hydrogen-bond acceptors (Lipinski definition) is 2. The number of benzene rings is 1. The standard InChI is InChI=1S/C12H12N2/c1-8(2)12-11-4-3-10(13)7-9(11)5-6-14-12/h3-7H,1,13H2,2H3. The first-order valence-corrected chi connectivity index (χ1v) is 4.48. The molecule has 0 atom stereocenters. The summed E-state index contributed by atoms with van der Waals surface area (Å²) in [7, 11) is 0. The van der Waals surface area contributed by atoms with E-state index in [2.05, 4.69) is 11.6 Å². The van der Waals surface area contributed by atoms with Crippen LogP contribution in [0.1, 0.15) is 12.6 Å². The van der Waals surface area contributed by atoms with Gasteiger partial charge in [0, 0.05) is 17.3 Å². The van der Waals surface area contributed by atoms with Gasteiger partial charge in [0.2, 0.25) is 0 Å². The maximum absolute atomic E-state index is 5.71. The van der Waals surface area contributed by atoms with Crippen molar-refractivity contribution in [1.82, 2.24) is 4.98 Å². The molecule has 1 aromatic carbocycles. The van der Waals surface area contributed by atoms with Crippen LogP contribution in [0.4, 0.5) is 5.69 Å². The minimum absolute atomic E-state index is 0.774. The Morgan fingerprint density at radius 3 is 2.86 bits per heavy atom. The molecule has 2 N–H and O–H groups in total. The molecule has 0 aliphatic rings. The lowest BCUT2D eigenvalue weighted by Crippen LogP contribution is -1.89. The molecule has 0 spiro atoms. The molecule has 1 aromatic heterocycles. The largest absolute Gasteiger partial charge is 0.399 e. The first kappa shape index (κ1) is 8.75. The minimum atomic E-state index is 0.774. The van der Waals surface area contributed by atoms with Crippen molar-refractivity contribution in [2.24, 2.45) is 0 Å². The molecule has 0 radical (unpaired) electrons. The molecule has 0 unspecified atom stereocenters. The lowest BCUT2D eigenvalue weighted by molar-refractivity contribution is 1.30. The average molecular weight is 184 g/mol. The zero-order valence-electron chi connectivity index (χ0n) is 8.12. The van der Waals surface area contributed by atoms with Gasteiger partial charge in [-0.05, 0) is 36.1 Å². The second-order valence-corrected chi connectivity index (χ2v) is 3.42. The quantitative estimate of drug-likeness (QED) is 0.692. The van der Waals surface area contributed by atoms with Crippen molar-refractivity contribution in [2.75, 3.05) is 5.73 Å². The molecule has 2 rings (SSSR count). The summed E-state index contributed by atoms with van der Waals surface area (Å²) in [6, 6.07) is 7.78. The summed E-state index contributed by atoms with van der Waals surface area (Å²) < 4.78 is 0. The summed E-state index contributed by atoms with van der Waals surface area (Å²) in [6.45, 7) is 5.86. The zero-order valence-corrected chi connectivity index (χ0v) is 8.12. The Kier molecular flexibility index (Phi) is 1.97. The molecule has 70 valence electrons. The number of anilines is 1. The van der Waals surface area contributed by atoms with Crippen LogP contribution in [0.25, 0.3) is 16.3 Å². The Bertz CT molecular complexity index is 501. The smallest absolute Gasteiger partial charge is 0.0731 e. The van der Waals surface area contributed by atoms with Gasteiger partial charge in [0.1, 0.15) is 0 Å². The van der Waals surface area contributed by atoms with Crippen molar-refractivity contribution >= 4 is 22.0 Å². The van der Waals surface area contributed by atoms with Gasteiger partial charge in [-0.25, -0.2) is 0 Å². The van der Waals surface area contributed by atoms with E-state index >= 15 is 0 Å². The molecule has 0 bridgehead atoms. The number of allylic oxidation sites excluding steroid dienone is 1. The molecular weight excluding hydrogens is 172 g/mol. The van der Waals surface area contributed by atoms with E-state index < -0.39 is 0 Å². The van der Waals surface area contributed by atoms with Crippen LogP contribution in [0, 0.1) is 0 Å². The third-order valence-corrected chi connectivity index (χ3v) is 2.19. The van der Waals surface area contributed by atoms with Gasteiger partial charge in [-0.3, -0.25) is 4.98 Å². The highest BCUT2D eigenvalue weighted by molar-refractivity contribution is 5.92. The number of fused-ring (bicyclic) bond motifs is 1. The van der Waals surface area contributed by atoms with E-state index in [1.165, 1.54) is 0 Å². The molecule has 0 saturated carbocycles. The van der Waals surface area contributed by atoms with E-state index in [1.54, 1.807) is 6.20 Å². The fourth-order valence-corrected chi connectivity index (χ4v) is 1.54. The number of nitrogens with two attached hydrogens (primary N) is 1. The van der Waals surface area contributed by atoms with E-state index in [0.717, 1.165) is 27.7 Å². The predicted octanol–water partition coefficient (Wildman–Crippen LogP) is 2.85. The van der Waals surface area contributed by atoms with E-state index in [4.69, 9.17) is 5.73 Å². The minimum Gasteiger partial charge on any atom is -0.399 e. The molecule has 2 heteroatoms. The van der Waals surface area contributed by atoms with Crippen LogP contribution in [0.3, 0.4) is 0 Å². The summed E-state index contributed by atoms with van der Waals surface area (Å²) >= 11 is 0. The van der Waals surface area contributed by atoms with Crippen molar-refractivity contribution in [3.8, 4) is 0 Å². The third-order valence-electron chi connectivity index (χ3n) is 2.19. The summed E-state index contributed by atoms with van der Waals surface area (Å²) in [4.78, 5) is 4.30. The van der Waals surface area contributed by atoms with E-state index in [0.29, 0.717) is 0 Å². The third kappa shape index (κ3) is 1.35. The summed E-state index contributed by atoms with van der Waals surface area (Å²) in [5.74, 6) is 0. The Balaban J connectivity index is 2.81. The van der Waals surface area contributed by atoms with Gasteiger partial charge in [0.15, 0.2) is 0 Å². The Morgan fingerprint density at radius 2 is 2.14 bits per heavy atom. The van der Waals surface area contributed by atoms with Crippen LogP contribution in [0.15, 0.2) is 37.0 Å². The van der Waals surface area contributed by atoms with Gasteiger partial charge in [-0.15, -0.1) is 0 Å². The highest BCUT2D eigenvalue weighted by Crippen LogP contribution is 2.23. The molecule has 0 amide bonds. The summed E-state index contributed by atoms with van der Waals surface area (Å²) in [5, 5.41) is 2.22. The maximum atomic E-state index is 5.71. The van der Waals surface area contributed by atoms with Crippen LogP contribution in [0.2, 0.25) is 0 Å². The second-order valence-electron chi connectivity index (χ2n) is 3.42. The molecule has 0 saturated heterocycles. The van der Waals surface area contributed by atoms with Crippen LogP contribution >= 0.6 is 0 Å². The van der Waals surface area contributed by atoms with Crippen LogP contribution in [-0.4, -0.2) is 4.98 Å². The lowest BCUT2D eigenvalue weighted by Gasteiger charge is -2.05. The number of hydrogen-bond donors (Lipinski definition) is 1. The van der Waals surface area contributed by atoms with Gasteiger partial charge in [-0.1, -0.05) is 12.6 Å². The normalized spacial score (nSPS) is 10.4. The highest BCUT2D eigenvalue weighted by Gasteiger charge is 2.02. The highest BCUT2D eigenvalue weighted by atomic mass is 14.7. The van der Waals surface area contributed by atoms with Crippen molar-refractivity contribution < 1.29 is 0 Å². The monoisotopic (exact) mass is 184 g/mol. The number of rotatable bonds is 1. The predicted molar refractivity (Wildman–Crippen MR) is 60.9 cm³/mol. The molecule has 0 aliphatic heterocycles. The van der Waals surface area contributed by atoms with E-state index in [-0.39, 0.29) is 0 Å². The van der Waals surface area contributed by atoms with Crippen LogP contribution in [-0.2, 0) is 0 Å². The number of aromatic nitrogens is 1. The van der Waals surface area contributed by atoms with Crippen molar-refractivity contribution in [2.45, 2.75) is 6.92 Å². The Hall–Kier alpha value is -1.83. The van der Waals surface area contributed by atoms with Crippen LogP contribution in [0.5, 0.6) is 0 Å². The Labute approximate surface area is 83.1 Å². The molecule has 0 fully saturated rings. The van der Waals surface area contributed by atoms with Gasteiger partial charge < -0.3 is 5.73 Å². The van der Waals surface area contributed by atoms with Crippen molar-refractivity contribution in [3.05, 3.63) is 42.7 Å². The van der Waals surface area contributed by atoms with Crippen LogP contribution < -0.4 is 5.73 Å². The zero-order chi connectivity index (χ0) is 10.1. The first-order valence-electron chi connectivity index (χ1n) is 4.48. The molecular formula is C12H12N2. The maximum Gasteiger partial charge on any atom is 0.0731 e. The molecule has 0 aliphatic carbocycles. The fraction of sp³-hybridized carbons (Fsp3) is 0.0833. The van der Waals surface area contributed by atoms with E-state index in [1.807, 2.05) is 31.2 Å². The number of nitrogens with zero attached hydrogens (tertiary/aromatic N) is 1. The van der Waals surface area contributed by atoms with E-state index in [9.17, 15) is 0 Å². The Morgan fingerprint density at radius 1 is 1.36 bits per heavy atom. The molecule has 2 aromatic rings. The lowest BCUT2D eigenvalue weighted by atomic mass is 10.1. The summed E-state index contributed by atoms with van der Waals surface area (Å²) in [5.41, 5.74) is 8.40. The number of nitrogen functional groups attached to an aromatic ring is 1.